The van der Waals surface area contributed by atoms with Crippen LogP contribution in [0, 0.1) is 0 Å². The van der Waals surface area contributed by atoms with Gasteiger partial charge in [-0.2, -0.15) is 0 Å². The number of pyridine rings is 1. The first-order valence-corrected chi connectivity index (χ1v) is 7.12. The van der Waals surface area contributed by atoms with Crippen molar-refractivity contribution in [3.63, 3.8) is 0 Å². The van der Waals surface area contributed by atoms with Crippen LogP contribution >= 0.6 is 0 Å². The maximum Gasteiger partial charge on any atom is 0.136 e. The Labute approximate surface area is 107 Å². The van der Waals surface area contributed by atoms with Crippen molar-refractivity contribution in [2.75, 3.05) is 0 Å². The third kappa shape index (κ3) is 4.30. The van der Waals surface area contributed by atoms with Crippen LogP contribution in [0.3, 0.4) is 0 Å². The average Bonchev–Trinajstić information content (AvgIpc) is 2.27. The molecule has 0 saturated carbocycles. The quantitative estimate of drug-likeness (QED) is 0.840. The van der Waals surface area contributed by atoms with Crippen molar-refractivity contribution in [2.45, 2.75) is 51.8 Å². The minimum atomic E-state index is -1.05. The molecule has 1 aromatic heterocycles. The fourth-order valence-corrected chi connectivity index (χ4v) is 2.18. The van der Waals surface area contributed by atoms with Gasteiger partial charge in [0.25, 0.3) is 0 Å². The lowest BCUT2D eigenvalue weighted by molar-refractivity contribution is 0.531. The van der Waals surface area contributed by atoms with Crippen molar-refractivity contribution in [3.8, 4) is 0 Å². The molecule has 96 valence electrons. The second-order valence-corrected chi connectivity index (χ2v) is 7.15. The molecule has 1 heterocycles. The summed E-state index contributed by atoms with van der Waals surface area (Å²) in [4.78, 5) is 4.26. The van der Waals surface area contributed by atoms with Gasteiger partial charge in [-0.3, -0.25) is 4.98 Å². The third-order valence-corrected chi connectivity index (χ3v) is 4.22. The van der Waals surface area contributed by atoms with Gasteiger partial charge in [-0.15, -0.1) is 4.72 Å². The molecule has 0 amide bonds. The highest BCUT2D eigenvalue weighted by molar-refractivity contribution is 7.90. The molecule has 2 atom stereocenters. The van der Waals surface area contributed by atoms with Crippen LogP contribution < -0.4 is 4.72 Å². The maximum atomic E-state index is 12.0. The zero-order valence-electron chi connectivity index (χ0n) is 11.3. The summed E-state index contributed by atoms with van der Waals surface area (Å²) in [6, 6.07) is 4.11. The number of hydrogen-bond donors (Lipinski definition) is 1. The van der Waals surface area contributed by atoms with Crippen LogP contribution in [0.5, 0.6) is 0 Å². The highest BCUT2D eigenvalue weighted by Crippen LogP contribution is 2.19. The van der Waals surface area contributed by atoms with E-state index in [1.165, 1.54) is 0 Å². The summed E-state index contributed by atoms with van der Waals surface area (Å²) in [5.74, 6) is 0. The number of aromatic nitrogens is 1. The van der Waals surface area contributed by atoms with Crippen molar-refractivity contribution in [1.29, 1.82) is 0 Å². The van der Waals surface area contributed by atoms with Gasteiger partial charge in [0.05, 0.1) is 6.04 Å². The Balaban J connectivity index is 2.72. The molecule has 0 saturated heterocycles. The Morgan fingerprint density at radius 3 is 2.65 bits per heavy atom. The van der Waals surface area contributed by atoms with Crippen LogP contribution in [-0.2, 0) is 17.8 Å². The summed E-state index contributed by atoms with van der Waals surface area (Å²) in [5, 5.41) is 0. The van der Waals surface area contributed by atoms with E-state index in [-0.39, 0.29) is 10.8 Å². The number of aryl methyl sites for hydroxylation is 1. The molecule has 17 heavy (non-hydrogen) atoms. The summed E-state index contributed by atoms with van der Waals surface area (Å²) >= 11 is -1.05. The molecule has 1 unspecified atom stereocenters. The Morgan fingerprint density at radius 2 is 2.12 bits per heavy atom. The van der Waals surface area contributed by atoms with Crippen molar-refractivity contribution in [1.82, 2.24) is 9.71 Å². The van der Waals surface area contributed by atoms with Gasteiger partial charge in [0, 0.05) is 23.3 Å². The SMILES string of the molecule is CCc1cc(C(C)N[S@+]([O-])C(C)(C)C)ccn1. The monoisotopic (exact) mass is 254 g/mol. The second kappa shape index (κ2) is 5.85. The predicted octanol–water partition coefficient (Wildman–Crippen LogP) is 2.76. The van der Waals surface area contributed by atoms with E-state index in [1.807, 2.05) is 40.0 Å². The first-order valence-electron chi connectivity index (χ1n) is 5.97. The molecular weight excluding hydrogens is 232 g/mol. The fourth-order valence-electron chi connectivity index (χ4n) is 1.36. The second-order valence-electron chi connectivity index (χ2n) is 5.15. The van der Waals surface area contributed by atoms with Gasteiger partial charge in [0.2, 0.25) is 0 Å². The van der Waals surface area contributed by atoms with E-state index in [2.05, 4.69) is 22.7 Å². The van der Waals surface area contributed by atoms with Crippen molar-refractivity contribution < 1.29 is 4.55 Å². The Bertz CT molecular complexity index is 363. The molecule has 0 aliphatic carbocycles. The van der Waals surface area contributed by atoms with Crippen molar-refractivity contribution >= 4 is 11.4 Å². The van der Waals surface area contributed by atoms with Gasteiger partial charge in [-0.1, -0.05) is 6.92 Å². The van der Waals surface area contributed by atoms with Crippen molar-refractivity contribution in [2.24, 2.45) is 0 Å². The zero-order chi connectivity index (χ0) is 13.1. The Kier molecular flexibility index (Phi) is 4.98. The van der Waals surface area contributed by atoms with E-state index >= 15 is 0 Å². The number of rotatable bonds is 4. The number of nitrogens with one attached hydrogen (secondary N) is 1. The van der Waals surface area contributed by atoms with Gasteiger partial charge in [0.15, 0.2) is 0 Å². The lowest BCUT2D eigenvalue weighted by Gasteiger charge is -2.26. The zero-order valence-corrected chi connectivity index (χ0v) is 12.1. The minimum Gasteiger partial charge on any atom is -0.598 e. The topological polar surface area (TPSA) is 48.0 Å². The molecule has 3 nitrogen and oxygen atoms in total. The van der Waals surface area contributed by atoms with Crippen LogP contribution in [0.25, 0.3) is 0 Å². The van der Waals surface area contributed by atoms with E-state index in [1.54, 1.807) is 0 Å². The molecule has 1 rings (SSSR count). The van der Waals surface area contributed by atoms with Gasteiger partial charge in [-0.05, 0) is 51.8 Å². The molecule has 0 aromatic carbocycles. The van der Waals surface area contributed by atoms with E-state index in [9.17, 15) is 4.55 Å². The van der Waals surface area contributed by atoms with Crippen molar-refractivity contribution in [3.05, 3.63) is 29.6 Å². The standard InChI is InChI=1S/C13H22N2OS/c1-6-12-9-11(7-8-14-12)10(2)15-17(16)13(3,4)5/h7-10,15H,6H2,1-5H3/t10?,17-/m1/s1. The van der Waals surface area contributed by atoms with Crippen LogP contribution in [-0.4, -0.2) is 14.3 Å². The molecule has 0 aliphatic heterocycles. The normalized spacial score (nSPS) is 15.6. The lowest BCUT2D eigenvalue weighted by Crippen LogP contribution is -2.40. The van der Waals surface area contributed by atoms with E-state index in [4.69, 9.17) is 0 Å². The molecule has 0 fully saturated rings. The highest BCUT2D eigenvalue weighted by atomic mass is 32.2. The average molecular weight is 254 g/mol. The molecule has 0 radical (unpaired) electrons. The molecule has 0 spiro atoms. The first kappa shape index (κ1) is 14.5. The summed E-state index contributed by atoms with van der Waals surface area (Å²) in [6.45, 7) is 10.0. The van der Waals surface area contributed by atoms with E-state index < -0.39 is 11.4 Å². The van der Waals surface area contributed by atoms with E-state index in [0.29, 0.717) is 0 Å². The summed E-state index contributed by atoms with van der Waals surface area (Å²) < 4.78 is 14.9. The van der Waals surface area contributed by atoms with Gasteiger partial charge >= 0.3 is 0 Å². The predicted molar refractivity (Wildman–Crippen MR) is 73.1 cm³/mol. The molecule has 0 bridgehead atoms. The Hall–Kier alpha value is -0.580. The molecule has 0 aliphatic rings. The highest BCUT2D eigenvalue weighted by Gasteiger charge is 2.28. The van der Waals surface area contributed by atoms with Crippen LogP contribution in [0.4, 0.5) is 0 Å². The van der Waals surface area contributed by atoms with Crippen LogP contribution in [0.1, 0.15) is 51.9 Å². The van der Waals surface area contributed by atoms with E-state index in [0.717, 1.165) is 17.7 Å². The number of hydrogen-bond acceptors (Lipinski definition) is 3. The first-order chi connectivity index (χ1) is 7.84. The summed E-state index contributed by atoms with van der Waals surface area (Å²) in [7, 11) is 0. The largest absolute Gasteiger partial charge is 0.598 e. The van der Waals surface area contributed by atoms with Gasteiger partial charge < -0.3 is 4.55 Å². The molecule has 4 heteroatoms. The lowest BCUT2D eigenvalue weighted by atomic mass is 10.1. The van der Waals surface area contributed by atoms with Crippen LogP contribution in [0.15, 0.2) is 18.3 Å². The summed E-state index contributed by atoms with van der Waals surface area (Å²) in [6.07, 6.45) is 2.73. The molecule has 1 N–H and O–H groups in total. The maximum absolute atomic E-state index is 12.0. The summed E-state index contributed by atoms with van der Waals surface area (Å²) in [5.41, 5.74) is 2.20. The molecular formula is C13H22N2OS. The van der Waals surface area contributed by atoms with Gasteiger partial charge in [-0.25, -0.2) is 0 Å². The fraction of sp³-hybridized carbons (Fsp3) is 0.615. The Morgan fingerprint density at radius 1 is 1.47 bits per heavy atom. The van der Waals surface area contributed by atoms with Gasteiger partial charge in [0.1, 0.15) is 4.75 Å². The smallest absolute Gasteiger partial charge is 0.136 e. The molecule has 1 aromatic rings. The van der Waals surface area contributed by atoms with Crippen LogP contribution in [0.2, 0.25) is 0 Å². The number of nitrogens with zero attached hydrogens (tertiary/aromatic N) is 1. The minimum absolute atomic E-state index is 0.0726. The third-order valence-electron chi connectivity index (χ3n) is 2.54.